The number of aromatic amines is 1. The van der Waals surface area contributed by atoms with E-state index in [-0.39, 0.29) is 24.6 Å². The van der Waals surface area contributed by atoms with Crippen molar-refractivity contribution >= 4 is 16.9 Å². The molecule has 0 aliphatic carbocycles. The summed E-state index contributed by atoms with van der Waals surface area (Å²) in [6.07, 6.45) is 1.24. The van der Waals surface area contributed by atoms with Gasteiger partial charge in [-0.3, -0.25) is 9.59 Å². The van der Waals surface area contributed by atoms with Gasteiger partial charge in [0.05, 0.1) is 16.6 Å². The summed E-state index contributed by atoms with van der Waals surface area (Å²) in [5.74, 6) is 0.856. The first-order valence-corrected chi connectivity index (χ1v) is 10.1. The lowest BCUT2D eigenvalue weighted by molar-refractivity contribution is -0.145. The van der Waals surface area contributed by atoms with Gasteiger partial charge >= 0.3 is 5.97 Å². The Morgan fingerprint density at radius 1 is 1.00 bits per heavy atom. The van der Waals surface area contributed by atoms with Crippen LogP contribution in [0.25, 0.3) is 22.3 Å². The molecule has 0 radical (unpaired) electrons. The first-order valence-electron chi connectivity index (χ1n) is 10.1. The summed E-state index contributed by atoms with van der Waals surface area (Å²) in [6, 6.07) is 18.7. The van der Waals surface area contributed by atoms with Gasteiger partial charge in [-0.05, 0) is 31.5 Å². The van der Waals surface area contributed by atoms with Gasteiger partial charge in [-0.2, -0.15) is 0 Å². The Morgan fingerprint density at radius 2 is 1.77 bits per heavy atom. The number of carbonyl (C=O) groups excluding carboxylic acids is 1. The standard InChI is InChI=1S/C24H22N4O3/c1-16-14-18(26-23(25-16)17-8-3-2-4-9-17)15-31-22(29)13-7-12-21-27-20-11-6-5-10-19(20)24(30)28-21/h2-6,8-11,14H,7,12-13,15H2,1H3,(H,27,28,30). The van der Waals surface area contributed by atoms with E-state index in [0.717, 1.165) is 11.3 Å². The van der Waals surface area contributed by atoms with E-state index in [2.05, 4.69) is 19.9 Å². The molecule has 2 aromatic heterocycles. The van der Waals surface area contributed by atoms with Gasteiger partial charge in [0.25, 0.3) is 5.56 Å². The average Bonchev–Trinajstić information content (AvgIpc) is 2.78. The van der Waals surface area contributed by atoms with E-state index in [1.807, 2.05) is 49.4 Å². The Morgan fingerprint density at radius 3 is 2.61 bits per heavy atom. The third-order valence-corrected chi connectivity index (χ3v) is 4.78. The fourth-order valence-corrected chi connectivity index (χ4v) is 3.30. The zero-order valence-electron chi connectivity index (χ0n) is 17.2. The van der Waals surface area contributed by atoms with Crippen LogP contribution in [0.5, 0.6) is 0 Å². The Labute approximate surface area is 179 Å². The molecule has 0 saturated carbocycles. The van der Waals surface area contributed by atoms with Crippen molar-refractivity contribution in [1.29, 1.82) is 0 Å². The highest BCUT2D eigenvalue weighted by Crippen LogP contribution is 2.16. The maximum Gasteiger partial charge on any atom is 0.306 e. The molecule has 0 aliphatic heterocycles. The van der Waals surface area contributed by atoms with Gasteiger partial charge in [0, 0.05) is 24.1 Å². The van der Waals surface area contributed by atoms with Crippen LogP contribution in [0.3, 0.4) is 0 Å². The van der Waals surface area contributed by atoms with E-state index in [0.29, 0.717) is 41.1 Å². The molecule has 0 fully saturated rings. The number of ether oxygens (including phenoxy) is 1. The highest BCUT2D eigenvalue weighted by Gasteiger charge is 2.09. The first-order chi connectivity index (χ1) is 15.1. The van der Waals surface area contributed by atoms with Crippen molar-refractivity contribution in [3.63, 3.8) is 0 Å². The fraction of sp³-hybridized carbons (Fsp3) is 0.208. The Kier molecular flexibility index (Phi) is 6.12. The molecule has 0 atom stereocenters. The summed E-state index contributed by atoms with van der Waals surface area (Å²) < 4.78 is 5.38. The molecule has 4 rings (SSSR count). The van der Waals surface area contributed by atoms with Crippen molar-refractivity contribution in [3.05, 3.63) is 88.2 Å². The minimum atomic E-state index is -0.319. The Hall–Kier alpha value is -3.87. The third-order valence-electron chi connectivity index (χ3n) is 4.78. The van der Waals surface area contributed by atoms with Crippen LogP contribution < -0.4 is 5.56 Å². The van der Waals surface area contributed by atoms with Crippen LogP contribution in [0.4, 0.5) is 0 Å². The van der Waals surface area contributed by atoms with Gasteiger partial charge < -0.3 is 9.72 Å². The largest absolute Gasteiger partial charge is 0.459 e. The average molecular weight is 414 g/mol. The summed E-state index contributed by atoms with van der Waals surface area (Å²) in [6.45, 7) is 1.98. The molecule has 2 aromatic carbocycles. The second-order valence-electron chi connectivity index (χ2n) is 7.23. The number of esters is 1. The van der Waals surface area contributed by atoms with Crippen LogP contribution in [0.2, 0.25) is 0 Å². The minimum Gasteiger partial charge on any atom is -0.459 e. The van der Waals surface area contributed by atoms with E-state index < -0.39 is 0 Å². The molecule has 7 nitrogen and oxygen atoms in total. The van der Waals surface area contributed by atoms with Crippen molar-refractivity contribution < 1.29 is 9.53 Å². The van der Waals surface area contributed by atoms with Crippen molar-refractivity contribution in [2.75, 3.05) is 0 Å². The van der Waals surface area contributed by atoms with Crippen LogP contribution >= 0.6 is 0 Å². The number of para-hydroxylation sites is 1. The second kappa shape index (κ2) is 9.30. The van der Waals surface area contributed by atoms with E-state index in [1.165, 1.54) is 0 Å². The maximum absolute atomic E-state index is 12.2. The summed E-state index contributed by atoms with van der Waals surface area (Å²) in [7, 11) is 0. The smallest absolute Gasteiger partial charge is 0.306 e. The van der Waals surface area contributed by atoms with Crippen LogP contribution in [0, 0.1) is 6.92 Å². The van der Waals surface area contributed by atoms with Crippen molar-refractivity contribution in [1.82, 2.24) is 19.9 Å². The molecule has 156 valence electrons. The van der Waals surface area contributed by atoms with E-state index >= 15 is 0 Å². The number of carbonyl (C=O) groups is 1. The Balaban J connectivity index is 1.32. The molecule has 0 bridgehead atoms. The first kappa shape index (κ1) is 20.4. The molecule has 0 amide bonds. The number of aryl methyl sites for hydroxylation is 2. The zero-order chi connectivity index (χ0) is 21.6. The molecular formula is C24H22N4O3. The number of hydrogen-bond donors (Lipinski definition) is 1. The van der Waals surface area contributed by atoms with Crippen molar-refractivity contribution in [3.8, 4) is 11.4 Å². The number of rotatable bonds is 7. The number of fused-ring (bicyclic) bond motifs is 1. The number of nitrogens with zero attached hydrogens (tertiary/aromatic N) is 3. The summed E-state index contributed by atoms with van der Waals surface area (Å²) >= 11 is 0. The number of nitrogens with one attached hydrogen (secondary N) is 1. The molecule has 0 spiro atoms. The maximum atomic E-state index is 12.2. The molecule has 0 aliphatic rings. The SMILES string of the molecule is Cc1cc(COC(=O)CCCc2nc3ccccc3c(=O)[nH]2)nc(-c2ccccc2)n1. The van der Waals surface area contributed by atoms with E-state index in [1.54, 1.807) is 18.2 Å². The summed E-state index contributed by atoms with van der Waals surface area (Å²) in [4.78, 5) is 40.5. The molecular weight excluding hydrogens is 392 g/mol. The van der Waals surface area contributed by atoms with Gasteiger partial charge in [0.1, 0.15) is 12.4 Å². The normalized spacial score (nSPS) is 10.9. The van der Waals surface area contributed by atoms with Gasteiger partial charge in [0.2, 0.25) is 0 Å². The highest BCUT2D eigenvalue weighted by atomic mass is 16.5. The minimum absolute atomic E-state index is 0.0904. The highest BCUT2D eigenvalue weighted by molar-refractivity contribution is 5.77. The molecule has 4 aromatic rings. The number of benzene rings is 2. The topological polar surface area (TPSA) is 97.8 Å². The lowest BCUT2D eigenvalue weighted by Crippen LogP contribution is -2.12. The van der Waals surface area contributed by atoms with Crippen LogP contribution in [0.1, 0.15) is 30.1 Å². The second-order valence-corrected chi connectivity index (χ2v) is 7.23. The molecule has 31 heavy (non-hydrogen) atoms. The van der Waals surface area contributed by atoms with Crippen molar-refractivity contribution in [2.45, 2.75) is 32.8 Å². The van der Waals surface area contributed by atoms with Gasteiger partial charge in [-0.1, -0.05) is 42.5 Å². The van der Waals surface area contributed by atoms with Crippen molar-refractivity contribution in [2.24, 2.45) is 0 Å². The number of hydrogen-bond acceptors (Lipinski definition) is 6. The fourth-order valence-electron chi connectivity index (χ4n) is 3.30. The monoisotopic (exact) mass is 414 g/mol. The van der Waals surface area contributed by atoms with Gasteiger partial charge in [-0.15, -0.1) is 0 Å². The lowest BCUT2D eigenvalue weighted by atomic mass is 10.2. The predicted octanol–water partition coefficient (Wildman–Crippen LogP) is 3.75. The molecule has 0 saturated heterocycles. The number of H-pyrrole nitrogens is 1. The lowest BCUT2D eigenvalue weighted by Gasteiger charge is -2.08. The van der Waals surface area contributed by atoms with Gasteiger partial charge in [0.15, 0.2) is 5.82 Å². The van der Waals surface area contributed by atoms with E-state index in [4.69, 9.17) is 4.74 Å². The van der Waals surface area contributed by atoms with Gasteiger partial charge in [-0.25, -0.2) is 15.0 Å². The molecule has 7 heteroatoms. The summed E-state index contributed by atoms with van der Waals surface area (Å²) in [5.41, 5.74) is 2.86. The van der Waals surface area contributed by atoms with Crippen LogP contribution in [-0.4, -0.2) is 25.9 Å². The number of aromatic nitrogens is 4. The molecule has 0 unspecified atom stereocenters. The quantitative estimate of drug-likeness (QED) is 0.463. The third kappa shape index (κ3) is 5.19. The summed E-state index contributed by atoms with van der Waals surface area (Å²) in [5, 5.41) is 0.556. The molecule has 1 N–H and O–H groups in total. The van der Waals surface area contributed by atoms with Crippen LogP contribution in [-0.2, 0) is 22.6 Å². The Bertz CT molecular complexity index is 1270. The zero-order valence-corrected chi connectivity index (χ0v) is 17.2. The molecule has 2 heterocycles. The van der Waals surface area contributed by atoms with Crippen LogP contribution in [0.15, 0.2) is 65.5 Å². The van der Waals surface area contributed by atoms with E-state index in [9.17, 15) is 9.59 Å². The predicted molar refractivity (Wildman–Crippen MR) is 117 cm³/mol.